The average molecular weight is 563 g/mol. The molecule has 0 aliphatic carbocycles. The lowest BCUT2D eigenvalue weighted by Crippen LogP contribution is -2.28. The van der Waals surface area contributed by atoms with Crippen LogP contribution in [0.3, 0.4) is 0 Å². The monoisotopic (exact) mass is 563 g/mol. The van der Waals surface area contributed by atoms with Crippen LogP contribution in [0.5, 0.6) is 0 Å². The van der Waals surface area contributed by atoms with Gasteiger partial charge >= 0.3 is 0 Å². The minimum absolute atomic E-state index is 0.0971. The van der Waals surface area contributed by atoms with E-state index in [0.29, 0.717) is 13.0 Å². The molecule has 40 heavy (non-hydrogen) atoms. The Kier molecular flexibility index (Phi) is 30.7. The van der Waals surface area contributed by atoms with Gasteiger partial charge in [-0.25, -0.2) is 0 Å². The second kappa shape index (κ2) is 32.0. The number of unbranched alkanes of at least 4 members (excludes halogenated alkanes) is 24. The molecule has 6 heteroatoms. The molecule has 0 saturated carbocycles. The van der Waals surface area contributed by atoms with Crippen LogP contribution in [-0.2, 0) is 9.59 Å². The molecule has 0 rings (SSSR count). The lowest BCUT2D eigenvalue weighted by Gasteiger charge is -2.13. The van der Waals surface area contributed by atoms with Crippen LogP contribution in [0, 0.1) is 5.92 Å². The number of azide groups is 1. The highest BCUT2D eigenvalue weighted by Crippen LogP contribution is 2.18. The van der Waals surface area contributed by atoms with E-state index in [1.54, 1.807) is 0 Å². The molecule has 0 spiro atoms. The fourth-order valence-corrected chi connectivity index (χ4v) is 5.51. The highest BCUT2D eigenvalue weighted by atomic mass is 16.2. The van der Waals surface area contributed by atoms with Gasteiger partial charge in [-0.1, -0.05) is 174 Å². The molecule has 1 unspecified atom stereocenters. The topological polar surface area (TPSA) is 94.9 Å². The van der Waals surface area contributed by atoms with Gasteiger partial charge in [0, 0.05) is 23.8 Å². The summed E-state index contributed by atoms with van der Waals surface area (Å²) in [6.07, 6.45) is 34.3. The fourth-order valence-electron chi connectivity index (χ4n) is 5.51. The molecule has 0 saturated heterocycles. The van der Waals surface area contributed by atoms with Crippen LogP contribution in [0.2, 0.25) is 0 Å². The number of hydrogen-bond donors (Lipinski definition) is 1. The maximum atomic E-state index is 12.4. The van der Waals surface area contributed by atoms with E-state index in [1.807, 2.05) is 0 Å². The molecule has 1 N–H and O–H groups in total. The highest BCUT2D eigenvalue weighted by molar-refractivity contribution is 5.86. The molecular formula is C34H66N4O2. The first-order valence-electron chi connectivity index (χ1n) is 17.5. The minimum Gasteiger partial charge on any atom is -0.356 e. The zero-order valence-corrected chi connectivity index (χ0v) is 26.7. The summed E-state index contributed by atoms with van der Waals surface area (Å²) in [4.78, 5) is 27.3. The summed E-state index contributed by atoms with van der Waals surface area (Å²) < 4.78 is 0. The van der Waals surface area contributed by atoms with Crippen molar-refractivity contribution in [2.45, 2.75) is 194 Å². The number of hydrogen-bond acceptors (Lipinski definition) is 2. The second-order valence-corrected chi connectivity index (χ2v) is 12.1. The van der Waals surface area contributed by atoms with Gasteiger partial charge < -0.3 is 5.32 Å². The molecule has 2 amide bonds. The molecule has 0 aliphatic heterocycles. The maximum absolute atomic E-state index is 12.4. The molecule has 0 fully saturated rings. The number of nitrogens with zero attached hydrogens (tertiary/aromatic N) is 3. The summed E-state index contributed by atoms with van der Waals surface area (Å²) in [6, 6.07) is 0. The summed E-state index contributed by atoms with van der Waals surface area (Å²) in [7, 11) is 0. The molecule has 0 aliphatic rings. The molecule has 0 radical (unpaired) electrons. The van der Waals surface area contributed by atoms with Gasteiger partial charge in [-0.05, 0) is 23.5 Å². The van der Waals surface area contributed by atoms with E-state index >= 15 is 0 Å². The van der Waals surface area contributed by atoms with Gasteiger partial charge in [0.2, 0.25) is 11.8 Å². The van der Waals surface area contributed by atoms with Gasteiger partial charge in [0.1, 0.15) is 0 Å². The van der Waals surface area contributed by atoms with Crippen molar-refractivity contribution < 1.29 is 9.59 Å². The summed E-state index contributed by atoms with van der Waals surface area (Å²) in [5.41, 5.74) is 8.68. The quantitative estimate of drug-likeness (QED) is 0.0393. The third-order valence-corrected chi connectivity index (χ3v) is 8.18. The van der Waals surface area contributed by atoms with Gasteiger partial charge in [-0.15, -0.1) is 0 Å². The molecule has 0 aromatic heterocycles. The van der Waals surface area contributed by atoms with E-state index in [0.717, 1.165) is 25.7 Å². The fraction of sp³-hybridized carbons (Fsp3) is 0.941. The van der Waals surface area contributed by atoms with Crippen LogP contribution in [0.4, 0.5) is 0 Å². The van der Waals surface area contributed by atoms with E-state index in [-0.39, 0.29) is 12.3 Å². The Morgan fingerprint density at radius 3 is 1.30 bits per heavy atom. The first-order chi connectivity index (χ1) is 19.7. The van der Waals surface area contributed by atoms with E-state index in [2.05, 4.69) is 29.2 Å². The Labute approximate surface area is 248 Å². The van der Waals surface area contributed by atoms with Crippen molar-refractivity contribution in [1.29, 1.82) is 0 Å². The Morgan fingerprint density at radius 2 is 0.925 bits per heavy atom. The van der Waals surface area contributed by atoms with Crippen molar-refractivity contribution in [3.8, 4) is 0 Å². The van der Waals surface area contributed by atoms with E-state index in [4.69, 9.17) is 5.53 Å². The largest absolute Gasteiger partial charge is 0.356 e. The summed E-state index contributed by atoms with van der Waals surface area (Å²) in [5, 5.41) is 6.27. The van der Waals surface area contributed by atoms with Crippen molar-refractivity contribution in [2.75, 3.05) is 6.54 Å². The second-order valence-electron chi connectivity index (χ2n) is 12.1. The summed E-state index contributed by atoms with van der Waals surface area (Å²) >= 11 is 0. The predicted molar refractivity (Wildman–Crippen MR) is 171 cm³/mol. The first kappa shape index (κ1) is 38.5. The van der Waals surface area contributed by atoms with Crippen LogP contribution in [0.25, 0.3) is 10.4 Å². The number of amides is 2. The third kappa shape index (κ3) is 28.0. The average Bonchev–Trinajstić information content (AvgIpc) is 2.95. The smallest absolute Gasteiger partial charge is 0.222 e. The normalized spacial score (nSPS) is 11.8. The number of rotatable bonds is 31. The SMILES string of the molecule is CCCCCCCCCCCCCCCCNC(=O)CC(CCCCCCCCCCCCCC)C(=O)N=[N+]=[N-]. The lowest BCUT2D eigenvalue weighted by atomic mass is 9.96. The van der Waals surface area contributed by atoms with Crippen molar-refractivity contribution in [1.82, 2.24) is 5.32 Å². The van der Waals surface area contributed by atoms with Crippen LogP contribution in [-0.4, -0.2) is 18.4 Å². The minimum atomic E-state index is -0.490. The Morgan fingerprint density at radius 1 is 0.575 bits per heavy atom. The number of nitrogens with one attached hydrogen (secondary N) is 1. The van der Waals surface area contributed by atoms with E-state index in [9.17, 15) is 9.59 Å². The molecule has 6 nitrogen and oxygen atoms in total. The molecule has 0 heterocycles. The Balaban J connectivity index is 3.76. The van der Waals surface area contributed by atoms with Crippen molar-refractivity contribution in [2.24, 2.45) is 11.0 Å². The maximum Gasteiger partial charge on any atom is 0.222 e. The Bertz CT molecular complexity index is 619. The molecule has 1 atom stereocenters. The van der Waals surface area contributed by atoms with E-state index < -0.39 is 11.8 Å². The number of carbonyl (C=O) groups excluding carboxylic acids is 2. The zero-order valence-electron chi connectivity index (χ0n) is 26.7. The molecule has 0 bridgehead atoms. The molecule has 0 aromatic rings. The summed E-state index contributed by atoms with van der Waals surface area (Å²) in [6.45, 7) is 5.19. The predicted octanol–water partition coefficient (Wildman–Crippen LogP) is 11.5. The molecular weight excluding hydrogens is 496 g/mol. The van der Waals surface area contributed by atoms with Crippen LogP contribution >= 0.6 is 0 Å². The Hall–Kier alpha value is -1.55. The first-order valence-corrected chi connectivity index (χ1v) is 17.5. The van der Waals surface area contributed by atoms with Gasteiger partial charge in [0.25, 0.3) is 0 Å². The third-order valence-electron chi connectivity index (χ3n) is 8.18. The standard InChI is InChI=1S/C34H66N4O2/c1-3-5-7-9-11-13-15-17-18-20-22-24-26-28-30-36-33(39)31-32(34(40)37-38-35)29-27-25-23-21-19-16-14-12-10-8-6-4-2/h32H,3-31H2,1-2H3,(H,36,39). The van der Waals surface area contributed by atoms with Gasteiger partial charge in [0.05, 0.1) is 0 Å². The van der Waals surface area contributed by atoms with E-state index in [1.165, 1.54) is 141 Å². The van der Waals surface area contributed by atoms with Gasteiger partial charge in [-0.2, -0.15) is 0 Å². The summed E-state index contributed by atoms with van der Waals surface area (Å²) in [5.74, 6) is -1.08. The van der Waals surface area contributed by atoms with Crippen molar-refractivity contribution in [3.63, 3.8) is 0 Å². The highest BCUT2D eigenvalue weighted by Gasteiger charge is 2.20. The number of carbonyl (C=O) groups is 2. The van der Waals surface area contributed by atoms with Crippen molar-refractivity contribution in [3.05, 3.63) is 10.4 Å². The zero-order chi connectivity index (χ0) is 29.4. The van der Waals surface area contributed by atoms with Crippen molar-refractivity contribution >= 4 is 11.8 Å². The van der Waals surface area contributed by atoms with Crippen LogP contribution < -0.4 is 5.32 Å². The molecule has 0 aromatic carbocycles. The van der Waals surface area contributed by atoms with Gasteiger partial charge in [0.15, 0.2) is 0 Å². The van der Waals surface area contributed by atoms with Gasteiger partial charge in [-0.3, -0.25) is 9.59 Å². The van der Waals surface area contributed by atoms with Crippen LogP contribution in [0.15, 0.2) is 5.11 Å². The van der Waals surface area contributed by atoms with Crippen LogP contribution in [0.1, 0.15) is 194 Å². The molecule has 234 valence electrons. The lowest BCUT2D eigenvalue weighted by molar-refractivity contribution is -0.128.